The van der Waals surface area contributed by atoms with E-state index in [0.717, 1.165) is 11.5 Å². The van der Waals surface area contributed by atoms with Gasteiger partial charge >= 0.3 is 5.97 Å². The molecule has 1 aliphatic carbocycles. The zero-order valence-electron chi connectivity index (χ0n) is 11.0. The first kappa shape index (κ1) is 14.0. The molecule has 0 spiro atoms. The molecule has 0 heterocycles. The predicted octanol–water partition coefficient (Wildman–Crippen LogP) is 4.18. The molecule has 17 heavy (non-hydrogen) atoms. The standard InChI is InChI=1S/C15H24O2/c1-12(8-9-15(16)17)10-13(2)11-14-6-4-3-5-7-14/h8-10,13-14H,3-7,11H2,1-2H3,(H,16,17). The lowest BCUT2D eigenvalue weighted by atomic mass is 9.83. The van der Waals surface area contributed by atoms with E-state index in [0.29, 0.717) is 5.92 Å². The highest BCUT2D eigenvalue weighted by atomic mass is 16.4. The van der Waals surface area contributed by atoms with Crippen LogP contribution < -0.4 is 0 Å². The van der Waals surface area contributed by atoms with Gasteiger partial charge in [-0.15, -0.1) is 0 Å². The number of hydrogen-bond donors (Lipinski definition) is 1. The molecule has 1 unspecified atom stereocenters. The fraction of sp³-hybridized carbons (Fsp3) is 0.667. The number of allylic oxidation sites excluding steroid dienone is 3. The minimum Gasteiger partial charge on any atom is -0.478 e. The van der Waals surface area contributed by atoms with Crippen molar-refractivity contribution in [3.05, 3.63) is 23.8 Å². The van der Waals surface area contributed by atoms with Gasteiger partial charge in [-0.1, -0.05) is 56.8 Å². The van der Waals surface area contributed by atoms with Crippen molar-refractivity contribution in [2.75, 3.05) is 0 Å². The molecule has 0 saturated heterocycles. The van der Waals surface area contributed by atoms with Crippen LogP contribution >= 0.6 is 0 Å². The van der Waals surface area contributed by atoms with E-state index in [2.05, 4.69) is 13.0 Å². The molecule has 0 aromatic carbocycles. The van der Waals surface area contributed by atoms with E-state index >= 15 is 0 Å². The van der Waals surface area contributed by atoms with E-state index in [1.165, 1.54) is 44.6 Å². The van der Waals surface area contributed by atoms with Gasteiger partial charge < -0.3 is 5.11 Å². The Hall–Kier alpha value is -1.05. The first-order valence-electron chi connectivity index (χ1n) is 6.67. The van der Waals surface area contributed by atoms with Gasteiger partial charge in [0.2, 0.25) is 0 Å². The van der Waals surface area contributed by atoms with Crippen molar-refractivity contribution < 1.29 is 9.90 Å². The van der Waals surface area contributed by atoms with Gasteiger partial charge in [0.1, 0.15) is 0 Å². The summed E-state index contributed by atoms with van der Waals surface area (Å²) in [6.07, 6.45) is 13.3. The Balaban J connectivity index is 2.38. The Morgan fingerprint density at radius 2 is 1.94 bits per heavy atom. The van der Waals surface area contributed by atoms with Crippen molar-refractivity contribution in [2.24, 2.45) is 11.8 Å². The molecule has 1 atom stereocenters. The lowest BCUT2D eigenvalue weighted by Gasteiger charge is -2.23. The average Bonchev–Trinajstić information content (AvgIpc) is 2.27. The van der Waals surface area contributed by atoms with Gasteiger partial charge in [-0.25, -0.2) is 4.79 Å². The molecule has 1 N–H and O–H groups in total. The summed E-state index contributed by atoms with van der Waals surface area (Å²) in [5.74, 6) is 0.556. The SMILES string of the molecule is CC(C=CC(=O)O)=CC(C)CC1CCCCC1. The van der Waals surface area contributed by atoms with Gasteiger partial charge in [0.05, 0.1) is 0 Å². The van der Waals surface area contributed by atoms with Crippen LogP contribution in [0.25, 0.3) is 0 Å². The molecule has 1 aliphatic rings. The third-order valence-electron chi connectivity index (χ3n) is 3.47. The zero-order chi connectivity index (χ0) is 12.7. The van der Waals surface area contributed by atoms with Crippen LogP contribution in [-0.2, 0) is 4.79 Å². The number of rotatable bonds is 5. The van der Waals surface area contributed by atoms with E-state index in [1.54, 1.807) is 6.08 Å². The number of carbonyl (C=O) groups is 1. The Kier molecular flexibility index (Phi) is 6.03. The number of aliphatic carboxylic acids is 1. The van der Waals surface area contributed by atoms with Crippen molar-refractivity contribution in [1.29, 1.82) is 0 Å². The van der Waals surface area contributed by atoms with E-state index in [9.17, 15) is 4.79 Å². The summed E-state index contributed by atoms with van der Waals surface area (Å²) in [5.41, 5.74) is 1.05. The smallest absolute Gasteiger partial charge is 0.328 e. The highest BCUT2D eigenvalue weighted by molar-refractivity contribution is 5.80. The van der Waals surface area contributed by atoms with Crippen LogP contribution in [0.4, 0.5) is 0 Å². The third-order valence-corrected chi connectivity index (χ3v) is 3.47. The molecule has 0 bridgehead atoms. The molecule has 2 nitrogen and oxygen atoms in total. The van der Waals surface area contributed by atoms with Crippen molar-refractivity contribution in [3.8, 4) is 0 Å². The molecule has 1 saturated carbocycles. The maximum absolute atomic E-state index is 10.4. The van der Waals surface area contributed by atoms with Gasteiger partial charge in [-0.3, -0.25) is 0 Å². The predicted molar refractivity (Wildman–Crippen MR) is 70.9 cm³/mol. The maximum atomic E-state index is 10.4. The van der Waals surface area contributed by atoms with Crippen LogP contribution in [0.3, 0.4) is 0 Å². The minimum atomic E-state index is -0.877. The summed E-state index contributed by atoms with van der Waals surface area (Å²) in [6.45, 7) is 4.20. The van der Waals surface area contributed by atoms with Crippen LogP contribution in [0.5, 0.6) is 0 Å². The minimum absolute atomic E-state index is 0.552. The van der Waals surface area contributed by atoms with Gasteiger partial charge in [0.25, 0.3) is 0 Å². The van der Waals surface area contributed by atoms with Crippen molar-refractivity contribution >= 4 is 5.97 Å². The van der Waals surface area contributed by atoms with Crippen LogP contribution in [0, 0.1) is 11.8 Å². The zero-order valence-corrected chi connectivity index (χ0v) is 11.0. The first-order chi connectivity index (χ1) is 8.08. The molecule has 1 fully saturated rings. The topological polar surface area (TPSA) is 37.3 Å². The number of hydrogen-bond acceptors (Lipinski definition) is 1. The van der Waals surface area contributed by atoms with Gasteiger partial charge in [-0.2, -0.15) is 0 Å². The van der Waals surface area contributed by atoms with Crippen molar-refractivity contribution in [3.63, 3.8) is 0 Å². The maximum Gasteiger partial charge on any atom is 0.328 e. The number of carboxylic acids is 1. The molecule has 0 aliphatic heterocycles. The second-order valence-corrected chi connectivity index (χ2v) is 5.30. The molecular formula is C15H24O2. The highest BCUT2D eigenvalue weighted by Gasteiger charge is 2.15. The van der Waals surface area contributed by atoms with E-state index in [4.69, 9.17) is 5.11 Å². The highest BCUT2D eigenvalue weighted by Crippen LogP contribution is 2.29. The Labute approximate surface area is 104 Å². The van der Waals surface area contributed by atoms with Crippen LogP contribution in [0.1, 0.15) is 52.4 Å². The second-order valence-electron chi connectivity index (χ2n) is 5.30. The van der Waals surface area contributed by atoms with Crippen molar-refractivity contribution in [2.45, 2.75) is 52.4 Å². The van der Waals surface area contributed by atoms with Crippen LogP contribution in [0.2, 0.25) is 0 Å². The monoisotopic (exact) mass is 236 g/mol. The van der Waals surface area contributed by atoms with Crippen LogP contribution in [-0.4, -0.2) is 11.1 Å². The van der Waals surface area contributed by atoms with E-state index in [1.807, 2.05) is 6.92 Å². The van der Waals surface area contributed by atoms with Gasteiger partial charge in [-0.05, 0) is 25.2 Å². The largest absolute Gasteiger partial charge is 0.478 e. The molecule has 1 rings (SSSR count). The first-order valence-corrected chi connectivity index (χ1v) is 6.67. The summed E-state index contributed by atoms with van der Waals surface area (Å²) in [5, 5.41) is 8.54. The van der Waals surface area contributed by atoms with Gasteiger partial charge in [0.15, 0.2) is 0 Å². The second kappa shape index (κ2) is 7.31. The molecule has 0 amide bonds. The normalized spacial score (nSPS) is 20.7. The fourth-order valence-corrected chi connectivity index (χ4v) is 2.72. The van der Waals surface area contributed by atoms with E-state index in [-0.39, 0.29) is 0 Å². The summed E-state index contributed by atoms with van der Waals surface area (Å²) >= 11 is 0. The molecule has 0 aromatic heterocycles. The van der Waals surface area contributed by atoms with Crippen molar-refractivity contribution in [1.82, 2.24) is 0 Å². The Morgan fingerprint density at radius 1 is 1.29 bits per heavy atom. The third kappa shape index (κ3) is 6.30. The summed E-state index contributed by atoms with van der Waals surface area (Å²) in [7, 11) is 0. The Bertz CT molecular complexity index is 296. The Morgan fingerprint density at radius 3 is 2.53 bits per heavy atom. The van der Waals surface area contributed by atoms with Crippen LogP contribution in [0.15, 0.2) is 23.8 Å². The lowest BCUT2D eigenvalue weighted by Crippen LogP contribution is -2.09. The molecule has 0 aromatic rings. The molecule has 96 valence electrons. The number of carboxylic acid groups (broad SMARTS) is 1. The quantitative estimate of drug-likeness (QED) is 0.574. The summed E-state index contributed by atoms with van der Waals surface area (Å²) < 4.78 is 0. The van der Waals surface area contributed by atoms with E-state index < -0.39 is 5.97 Å². The fourth-order valence-electron chi connectivity index (χ4n) is 2.72. The molecule has 2 heteroatoms. The lowest BCUT2D eigenvalue weighted by molar-refractivity contribution is -0.131. The van der Waals surface area contributed by atoms with Gasteiger partial charge in [0, 0.05) is 6.08 Å². The summed E-state index contributed by atoms with van der Waals surface area (Å²) in [4.78, 5) is 10.4. The molecular weight excluding hydrogens is 212 g/mol. The summed E-state index contributed by atoms with van der Waals surface area (Å²) in [6, 6.07) is 0. The molecule has 0 radical (unpaired) electrons. The average molecular weight is 236 g/mol.